The number of ether oxygens (including phenoxy) is 1. The van der Waals surface area contributed by atoms with Gasteiger partial charge in [-0.3, -0.25) is 14.5 Å². The summed E-state index contributed by atoms with van der Waals surface area (Å²) in [6, 6.07) is 8.49. The van der Waals surface area contributed by atoms with E-state index in [0.717, 1.165) is 19.0 Å². The van der Waals surface area contributed by atoms with Gasteiger partial charge in [0, 0.05) is 50.9 Å². The zero-order valence-corrected chi connectivity index (χ0v) is 18.2. The number of hydrogen-bond donors (Lipinski definition) is 0. The van der Waals surface area contributed by atoms with Crippen molar-refractivity contribution < 1.29 is 27.5 Å². The molecule has 0 unspecified atom stereocenters. The highest BCUT2D eigenvalue weighted by molar-refractivity contribution is 5.95. The smallest absolute Gasteiger partial charge is 0.257 e. The lowest BCUT2D eigenvalue weighted by Crippen LogP contribution is -2.50. The molecule has 2 heterocycles. The van der Waals surface area contributed by atoms with Crippen LogP contribution in [-0.4, -0.2) is 85.0 Å². The molecule has 0 spiro atoms. The Bertz CT molecular complexity index is 1000. The molecule has 0 bridgehead atoms. The fraction of sp³-hybridized carbons (Fsp3) is 0.417. The first-order chi connectivity index (χ1) is 15.9. The van der Waals surface area contributed by atoms with Gasteiger partial charge >= 0.3 is 0 Å². The lowest BCUT2D eigenvalue weighted by Gasteiger charge is -2.35. The molecule has 2 aliphatic heterocycles. The number of carbonyl (C=O) groups excluding carboxylic acids is 2. The fourth-order valence-corrected chi connectivity index (χ4v) is 4.27. The molecule has 2 aromatic rings. The monoisotopic (exact) mass is 461 g/mol. The molecule has 2 amide bonds. The molecule has 176 valence electrons. The maximum Gasteiger partial charge on any atom is 0.257 e. The van der Waals surface area contributed by atoms with Crippen molar-refractivity contribution in [3.63, 3.8) is 0 Å². The number of nitrogens with zero attached hydrogens (tertiary/aromatic N) is 3. The number of rotatable bonds is 4. The highest BCUT2D eigenvalue weighted by atomic mass is 19.1. The molecule has 2 fully saturated rings. The van der Waals surface area contributed by atoms with E-state index >= 15 is 0 Å². The van der Waals surface area contributed by atoms with Gasteiger partial charge in [0.05, 0.1) is 18.3 Å². The summed E-state index contributed by atoms with van der Waals surface area (Å²) in [5, 5.41) is 0. The number of carbonyl (C=O) groups is 2. The molecule has 33 heavy (non-hydrogen) atoms. The molecule has 6 nitrogen and oxygen atoms in total. The van der Waals surface area contributed by atoms with Crippen molar-refractivity contribution >= 4 is 11.8 Å². The van der Waals surface area contributed by atoms with Gasteiger partial charge in [0.25, 0.3) is 11.8 Å². The number of benzene rings is 2. The maximum absolute atomic E-state index is 14.0. The average molecular weight is 461 g/mol. The highest BCUT2D eigenvalue weighted by Crippen LogP contribution is 2.17. The van der Waals surface area contributed by atoms with E-state index in [1.54, 1.807) is 4.90 Å². The second kappa shape index (κ2) is 10.4. The van der Waals surface area contributed by atoms with Crippen LogP contribution in [0.2, 0.25) is 0 Å². The minimum Gasteiger partial charge on any atom is -0.373 e. The summed E-state index contributed by atoms with van der Waals surface area (Å²) < 4.78 is 46.2. The van der Waals surface area contributed by atoms with E-state index in [1.165, 1.54) is 35.2 Å². The van der Waals surface area contributed by atoms with E-state index in [9.17, 15) is 22.8 Å². The molecule has 0 N–H and O–H groups in total. The second-order valence-corrected chi connectivity index (χ2v) is 8.32. The molecule has 0 saturated carbocycles. The Kier molecular flexibility index (Phi) is 7.29. The largest absolute Gasteiger partial charge is 0.373 e. The first-order valence-electron chi connectivity index (χ1n) is 11.0. The van der Waals surface area contributed by atoms with Crippen molar-refractivity contribution in [2.24, 2.45) is 0 Å². The molecule has 0 aliphatic carbocycles. The molecular formula is C24H26F3N3O3. The van der Waals surface area contributed by atoms with Crippen molar-refractivity contribution in [1.29, 1.82) is 0 Å². The SMILES string of the molecule is O=C(c1ccc(F)cc1)N1CCCN(C[C@H]2CN(C(=O)c3ccc(F)cc3F)CCO2)CC1. The van der Waals surface area contributed by atoms with E-state index in [4.69, 9.17) is 4.74 Å². The normalized spacial score (nSPS) is 19.9. The minimum absolute atomic E-state index is 0.121. The van der Waals surface area contributed by atoms with Crippen LogP contribution >= 0.6 is 0 Å². The van der Waals surface area contributed by atoms with Gasteiger partial charge in [0.15, 0.2) is 0 Å². The van der Waals surface area contributed by atoms with Gasteiger partial charge in [-0.1, -0.05) is 0 Å². The molecule has 2 aliphatic rings. The number of amides is 2. The molecule has 0 radical (unpaired) electrons. The summed E-state index contributed by atoms with van der Waals surface area (Å²) in [6.07, 6.45) is 0.536. The van der Waals surface area contributed by atoms with Crippen LogP contribution in [-0.2, 0) is 4.74 Å². The van der Waals surface area contributed by atoms with Crippen LogP contribution in [0.25, 0.3) is 0 Å². The van der Waals surface area contributed by atoms with Crippen LogP contribution in [0, 0.1) is 17.5 Å². The van der Waals surface area contributed by atoms with Crippen LogP contribution in [0.5, 0.6) is 0 Å². The third-order valence-electron chi connectivity index (χ3n) is 6.02. The molecule has 1 atom stereocenters. The summed E-state index contributed by atoms with van der Waals surface area (Å²) in [4.78, 5) is 30.9. The standard InChI is InChI=1S/C24H26F3N3O3/c25-18-4-2-17(3-5-18)23(31)29-9-1-8-28(10-11-29)15-20-16-30(12-13-33-20)24(32)21-7-6-19(26)14-22(21)27/h2-7,14,20H,1,8-13,15-16H2/t20-/m0/s1. The Morgan fingerprint density at radius 1 is 0.848 bits per heavy atom. The zero-order valence-electron chi connectivity index (χ0n) is 18.2. The number of halogens is 3. The van der Waals surface area contributed by atoms with Gasteiger partial charge in [0.2, 0.25) is 0 Å². The summed E-state index contributed by atoms with van der Waals surface area (Å²) in [5.41, 5.74) is 0.310. The van der Waals surface area contributed by atoms with E-state index in [-0.39, 0.29) is 23.4 Å². The van der Waals surface area contributed by atoms with Crippen LogP contribution in [0.3, 0.4) is 0 Å². The highest BCUT2D eigenvalue weighted by Gasteiger charge is 2.29. The van der Waals surface area contributed by atoms with Crippen LogP contribution < -0.4 is 0 Å². The van der Waals surface area contributed by atoms with Crippen molar-refractivity contribution in [2.45, 2.75) is 12.5 Å². The van der Waals surface area contributed by atoms with E-state index in [1.807, 2.05) is 0 Å². The molecule has 4 rings (SSSR count). The lowest BCUT2D eigenvalue weighted by molar-refractivity contribution is -0.0354. The summed E-state index contributed by atoms with van der Waals surface area (Å²) in [7, 11) is 0. The van der Waals surface area contributed by atoms with E-state index < -0.39 is 17.5 Å². The van der Waals surface area contributed by atoms with Gasteiger partial charge in [-0.15, -0.1) is 0 Å². The van der Waals surface area contributed by atoms with Crippen LogP contribution in [0.1, 0.15) is 27.1 Å². The quantitative estimate of drug-likeness (QED) is 0.703. The molecule has 2 saturated heterocycles. The summed E-state index contributed by atoms with van der Waals surface area (Å²) >= 11 is 0. The van der Waals surface area contributed by atoms with E-state index in [0.29, 0.717) is 57.5 Å². The molecule has 9 heteroatoms. The van der Waals surface area contributed by atoms with Crippen molar-refractivity contribution in [3.8, 4) is 0 Å². The number of morpholine rings is 1. The Morgan fingerprint density at radius 2 is 1.61 bits per heavy atom. The van der Waals surface area contributed by atoms with Gasteiger partial charge in [-0.25, -0.2) is 13.2 Å². The zero-order chi connectivity index (χ0) is 23.4. The van der Waals surface area contributed by atoms with Crippen molar-refractivity contribution in [3.05, 3.63) is 71.0 Å². The molecule has 0 aromatic heterocycles. The minimum atomic E-state index is -0.874. The van der Waals surface area contributed by atoms with Gasteiger partial charge < -0.3 is 14.5 Å². The maximum atomic E-state index is 14.0. The van der Waals surface area contributed by atoms with Crippen molar-refractivity contribution in [1.82, 2.24) is 14.7 Å². The molecular weight excluding hydrogens is 435 g/mol. The lowest BCUT2D eigenvalue weighted by atomic mass is 10.1. The average Bonchev–Trinajstić information content (AvgIpc) is 3.04. The van der Waals surface area contributed by atoms with Gasteiger partial charge in [-0.05, 0) is 49.4 Å². The van der Waals surface area contributed by atoms with Crippen LogP contribution in [0.4, 0.5) is 13.2 Å². The Hall–Kier alpha value is -2.91. The van der Waals surface area contributed by atoms with Crippen LogP contribution in [0.15, 0.2) is 42.5 Å². The van der Waals surface area contributed by atoms with Gasteiger partial charge in [-0.2, -0.15) is 0 Å². The third-order valence-corrected chi connectivity index (χ3v) is 6.02. The third kappa shape index (κ3) is 5.72. The summed E-state index contributed by atoms with van der Waals surface area (Å²) in [6.45, 7) is 4.12. The summed E-state index contributed by atoms with van der Waals surface area (Å²) in [5.74, 6) is -2.58. The van der Waals surface area contributed by atoms with Crippen molar-refractivity contribution in [2.75, 3.05) is 52.4 Å². The first-order valence-corrected chi connectivity index (χ1v) is 11.0. The van der Waals surface area contributed by atoms with E-state index in [2.05, 4.69) is 4.90 Å². The fourth-order valence-electron chi connectivity index (χ4n) is 4.27. The Balaban J connectivity index is 1.32. The number of hydrogen-bond acceptors (Lipinski definition) is 4. The first kappa shape index (κ1) is 23.3. The van der Waals surface area contributed by atoms with Gasteiger partial charge in [0.1, 0.15) is 17.5 Å². The predicted molar refractivity (Wildman–Crippen MR) is 115 cm³/mol. The predicted octanol–water partition coefficient (Wildman–Crippen LogP) is 2.79. The topological polar surface area (TPSA) is 53.1 Å². The Labute approximate surface area is 190 Å². The molecule has 2 aromatic carbocycles. The Morgan fingerprint density at radius 3 is 2.36 bits per heavy atom. The second-order valence-electron chi connectivity index (χ2n) is 8.32.